The third-order valence-corrected chi connectivity index (χ3v) is 4.51. The summed E-state index contributed by atoms with van der Waals surface area (Å²) in [6.45, 7) is 13.0. The topological polar surface area (TPSA) is 35.5 Å². The largest absolute Gasteiger partial charge is 0.507 e. The van der Waals surface area contributed by atoms with Crippen molar-refractivity contribution in [3.63, 3.8) is 0 Å². The number of aryl methyl sites for hydroxylation is 2. The van der Waals surface area contributed by atoms with Crippen molar-refractivity contribution in [2.75, 3.05) is 26.2 Å². The molecule has 3 nitrogen and oxygen atoms in total. The molecule has 1 aromatic rings. The standard InChI is InChI=1S/C18H30N2O/c1-13(2)5-6-17(20-9-7-19-8-10-20)16-11-14(3)18(21)15(4)12-16/h11-13,17,19,21H,5-10H2,1-4H3/t17-/m1/s1. The van der Waals surface area contributed by atoms with Crippen LogP contribution in [-0.2, 0) is 0 Å². The van der Waals surface area contributed by atoms with Gasteiger partial charge in [0.05, 0.1) is 0 Å². The molecule has 1 aliphatic heterocycles. The minimum absolute atomic E-state index is 0.446. The molecular formula is C18H30N2O. The van der Waals surface area contributed by atoms with Crippen LogP contribution in [0, 0.1) is 19.8 Å². The summed E-state index contributed by atoms with van der Waals surface area (Å²) < 4.78 is 0. The zero-order valence-electron chi connectivity index (χ0n) is 13.9. The molecule has 0 bridgehead atoms. The zero-order chi connectivity index (χ0) is 15.4. The predicted octanol–water partition coefficient (Wildman–Crippen LogP) is 3.39. The third-order valence-electron chi connectivity index (χ3n) is 4.51. The highest BCUT2D eigenvalue weighted by atomic mass is 16.3. The number of piperazine rings is 1. The molecule has 21 heavy (non-hydrogen) atoms. The second-order valence-corrected chi connectivity index (χ2v) is 6.78. The van der Waals surface area contributed by atoms with Gasteiger partial charge in [-0.15, -0.1) is 0 Å². The molecule has 2 rings (SSSR count). The SMILES string of the molecule is Cc1cc([C@@H](CCC(C)C)N2CCNCC2)cc(C)c1O. The highest BCUT2D eigenvalue weighted by Gasteiger charge is 2.23. The molecule has 1 saturated heterocycles. The van der Waals surface area contributed by atoms with Crippen molar-refractivity contribution in [3.05, 3.63) is 28.8 Å². The number of aromatic hydroxyl groups is 1. The molecule has 0 saturated carbocycles. The van der Waals surface area contributed by atoms with E-state index in [0.29, 0.717) is 11.8 Å². The number of phenols is 1. The van der Waals surface area contributed by atoms with Gasteiger partial charge in [0, 0.05) is 32.2 Å². The van der Waals surface area contributed by atoms with E-state index in [1.54, 1.807) is 0 Å². The summed E-state index contributed by atoms with van der Waals surface area (Å²) in [7, 11) is 0. The van der Waals surface area contributed by atoms with E-state index < -0.39 is 0 Å². The van der Waals surface area contributed by atoms with Crippen molar-refractivity contribution in [3.8, 4) is 5.75 Å². The Kier molecular flexibility index (Phi) is 5.65. The van der Waals surface area contributed by atoms with Gasteiger partial charge in [0.2, 0.25) is 0 Å². The van der Waals surface area contributed by atoms with Crippen LogP contribution in [-0.4, -0.2) is 36.2 Å². The van der Waals surface area contributed by atoms with E-state index in [0.717, 1.165) is 43.2 Å². The van der Waals surface area contributed by atoms with E-state index in [-0.39, 0.29) is 0 Å². The van der Waals surface area contributed by atoms with Crippen molar-refractivity contribution < 1.29 is 5.11 Å². The fourth-order valence-corrected chi connectivity index (χ4v) is 3.23. The van der Waals surface area contributed by atoms with Gasteiger partial charge in [-0.2, -0.15) is 0 Å². The van der Waals surface area contributed by atoms with Crippen LogP contribution in [0.3, 0.4) is 0 Å². The second-order valence-electron chi connectivity index (χ2n) is 6.78. The minimum atomic E-state index is 0.446. The first-order chi connectivity index (χ1) is 9.99. The molecule has 118 valence electrons. The molecule has 1 fully saturated rings. The molecule has 0 aliphatic carbocycles. The number of benzene rings is 1. The van der Waals surface area contributed by atoms with Crippen molar-refractivity contribution in [1.82, 2.24) is 10.2 Å². The smallest absolute Gasteiger partial charge is 0.121 e. The molecule has 0 unspecified atom stereocenters. The highest BCUT2D eigenvalue weighted by molar-refractivity contribution is 5.43. The molecule has 1 heterocycles. The maximum Gasteiger partial charge on any atom is 0.121 e. The highest BCUT2D eigenvalue weighted by Crippen LogP contribution is 2.32. The maximum absolute atomic E-state index is 10.0. The minimum Gasteiger partial charge on any atom is -0.507 e. The van der Waals surface area contributed by atoms with Gasteiger partial charge in [-0.25, -0.2) is 0 Å². The van der Waals surface area contributed by atoms with Crippen LogP contribution >= 0.6 is 0 Å². The first-order valence-corrected chi connectivity index (χ1v) is 8.24. The van der Waals surface area contributed by atoms with Crippen molar-refractivity contribution >= 4 is 0 Å². The van der Waals surface area contributed by atoms with E-state index in [1.165, 1.54) is 18.4 Å². The monoisotopic (exact) mass is 290 g/mol. The zero-order valence-corrected chi connectivity index (χ0v) is 13.9. The lowest BCUT2D eigenvalue weighted by atomic mass is 9.93. The quantitative estimate of drug-likeness (QED) is 0.872. The van der Waals surface area contributed by atoms with Crippen molar-refractivity contribution in [1.29, 1.82) is 0 Å². The van der Waals surface area contributed by atoms with Gasteiger partial charge in [0.1, 0.15) is 5.75 Å². The summed E-state index contributed by atoms with van der Waals surface area (Å²) in [4.78, 5) is 2.60. The van der Waals surface area contributed by atoms with Gasteiger partial charge in [-0.3, -0.25) is 4.90 Å². The van der Waals surface area contributed by atoms with Gasteiger partial charge in [0.15, 0.2) is 0 Å². The molecule has 0 amide bonds. The number of rotatable bonds is 5. The van der Waals surface area contributed by atoms with Crippen LogP contribution in [0.25, 0.3) is 0 Å². The van der Waals surface area contributed by atoms with Crippen LogP contribution in [0.1, 0.15) is 49.4 Å². The van der Waals surface area contributed by atoms with Gasteiger partial charge in [-0.05, 0) is 49.3 Å². The summed E-state index contributed by atoms with van der Waals surface area (Å²) >= 11 is 0. The number of phenolic OH excluding ortho intramolecular Hbond substituents is 1. The van der Waals surface area contributed by atoms with Gasteiger partial charge >= 0.3 is 0 Å². The maximum atomic E-state index is 10.0. The molecule has 1 aromatic carbocycles. The van der Waals surface area contributed by atoms with Gasteiger partial charge in [0.25, 0.3) is 0 Å². The first-order valence-electron chi connectivity index (χ1n) is 8.24. The van der Waals surface area contributed by atoms with E-state index in [1.807, 2.05) is 13.8 Å². The Morgan fingerprint density at radius 2 is 1.67 bits per heavy atom. The average Bonchev–Trinajstić information content (AvgIpc) is 2.45. The van der Waals surface area contributed by atoms with Crippen LogP contribution in [0.15, 0.2) is 12.1 Å². The lowest BCUT2D eigenvalue weighted by molar-refractivity contribution is 0.159. The Hall–Kier alpha value is -1.06. The molecule has 1 aliphatic rings. The van der Waals surface area contributed by atoms with E-state index in [2.05, 4.69) is 36.2 Å². The van der Waals surface area contributed by atoms with Crippen LogP contribution in [0.4, 0.5) is 0 Å². The lowest BCUT2D eigenvalue weighted by Gasteiger charge is -2.36. The molecule has 0 aromatic heterocycles. The summed E-state index contributed by atoms with van der Waals surface area (Å²) in [6.07, 6.45) is 2.44. The summed E-state index contributed by atoms with van der Waals surface area (Å²) in [5, 5.41) is 13.5. The summed E-state index contributed by atoms with van der Waals surface area (Å²) in [6, 6.07) is 4.83. The van der Waals surface area contributed by atoms with E-state index in [9.17, 15) is 5.11 Å². The lowest BCUT2D eigenvalue weighted by Crippen LogP contribution is -2.45. The molecule has 0 radical (unpaired) electrons. The Bertz CT molecular complexity index is 441. The first kappa shape index (κ1) is 16.3. The third kappa shape index (κ3) is 4.21. The summed E-state index contributed by atoms with van der Waals surface area (Å²) in [5.41, 5.74) is 3.36. The number of hydrogen-bond donors (Lipinski definition) is 2. The van der Waals surface area contributed by atoms with Gasteiger partial charge < -0.3 is 10.4 Å². The van der Waals surface area contributed by atoms with E-state index >= 15 is 0 Å². The average molecular weight is 290 g/mol. The van der Waals surface area contributed by atoms with Crippen LogP contribution in [0.5, 0.6) is 5.75 Å². The number of nitrogens with one attached hydrogen (secondary N) is 1. The van der Waals surface area contributed by atoms with Gasteiger partial charge in [-0.1, -0.05) is 26.0 Å². The number of nitrogens with zero attached hydrogens (tertiary/aromatic N) is 1. The predicted molar refractivity (Wildman–Crippen MR) is 88.8 cm³/mol. The second kappa shape index (κ2) is 7.28. The van der Waals surface area contributed by atoms with E-state index in [4.69, 9.17) is 0 Å². The Labute approximate surface area is 129 Å². The fraction of sp³-hybridized carbons (Fsp3) is 0.667. The molecule has 3 heteroatoms. The summed E-state index contributed by atoms with van der Waals surface area (Å²) in [5.74, 6) is 1.18. The van der Waals surface area contributed by atoms with Crippen molar-refractivity contribution in [2.45, 2.75) is 46.6 Å². The van der Waals surface area contributed by atoms with Crippen LogP contribution in [0.2, 0.25) is 0 Å². The molecule has 1 atom stereocenters. The Morgan fingerprint density at radius 1 is 1.10 bits per heavy atom. The van der Waals surface area contributed by atoms with Crippen LogP contribution < -0.4 is 5.32 Å². The normalized spacial score (nSPS) is 18.1. The molecule has 2 N–H and O–H groups in total. The number of hydrogen-bond acceptors (Lipinski definition) is 3. The Balaban J connectivity index is 2.24. The fourth-order valence-electron chi connectivity index (χ4n) is 3.23. The molecular weight excluding hydrogens is 260 g/mol. The molecule has 0 spiro atoms. The van der Waals surface area contributed by atoms with Crippen molar-refractivity contribution in [2.24, 2.45) is 5.92 Å². The Morgan fingerprint density at radius 3 is 2.19 bits per heavy atom.